The number of nitrogens with two attached hydrogens (primary N) is 2. The van der Waals surface area contributed by atoms with Crippen LogP contribution in [0.1, 0.15) is 25.0 Å². The fraction of sp³-hybridized carbons (Fsp3) is 0.636. The van der Waals surface area contributed by atoms with Crippen molar-refractivity contribution in [2.45, 2.75) is 25.4 Å². The van der Waals surface area contributed by atoms with E-state index in [0.29, 0.717) is 12.1 Å². The molecule has 18 heavy (non-hydrogen) atoms. The smallest absolute Gasteiger partial charge is 0.275 e. The number of hydrogen-bond acceptors (Lipinski definition) is 6. The molecule has 0 radical (unpaired) electrons. The molecule has 1 aromatic heterocycles. The van der Waals surface area contributed by atoms with E-state index in [0.717, 1.165) is 0 Å². The zero-order valence-corrected chi connectivity index (χ0v) is 10.1. The molecule has 0 aliphatic heterocycles. The third-order valence-electron chi connectivity index (χ3n) is 3.71. The Morgan fingerprint density at radius 3 is 2.78 bits per heavy atom. The maximum atomic E-state index is 11.5. The molecule has 1 saturated carbocycles. The Bertz CT molecular complexity index is 500. The first-order valence-electron chi connectivity index (χ1n) is 5.89. The van der Waals surface area contributed by atoms with Crippen LogP contribution < -0.4 is 17.0 Å². The number of nitrogens with zero attached hydrogens (tertiary/aromatic N) is 1. The molecule has 1 fully saturated rings. The predicted molar refractivity (Wildman–Crippen MR) is 66.8 cm³/mol. The summed E-state index contributed by atoms with van der Waals surface area (Å²) in [6.45, 7) is 1.66. The van der Waals surface area contributed by atoms with E-state index in [2.05, 4.69) is 9.97 Å². The summed E-state index contributed by atoms with van der Waals surface area (Å²) in [6.07, 6.45) is 0.0502. The van der Waals surface area contributed by atoms with Crippen molar-refractivity contribution in [2.75, 3.05) is 18.1 Å². The molecule has 2 rings (SSSR count). The lowest BCUT2D eigenvalue weighted by atomic mass is 9.61. The van der Waals surface area contributed by atoms with Gasteiger partial charge in [-0.2, -0.15) is 0 Å². The summed E-state index contributed by atoms with van der Waals surface area (Å²) >= 11 is 0. The Balaban J connectivity index is 2.36. The molecule has 1 aliphatic rings. The lowest BCUT2D eigenvalue weighted by Gasteiger charge is -2.45. The Morgan fingerprint density at radius 2 is 2.22 bits per heavy atom. The van der Waals surface area contributed by atoms with Crippen molar-refractivity contribution in [2.24, 2.45) is 11.8 Å². The van der Waals surface area contributed by atoms with Gasteiger partial charge >= 0.3 is 0 Å². The average Bonchev–Trinajstić information content (AvgIpc) is 2.23. The van der Waals surface area contributed by atoms with Gasteiger partial charge in [0.25, 0.3) is 5.56 Å². The van der Waals surface area contributed by atoms with E-state index >= 15 is 0 Å². The van der Waals surface area contributed by atoms with Crippen LogP contribution in [0.5, 0.6) is 0 Å². The number of anilines is 2. The number of nitrogen functional groups attached to an aromatic ring is 2. The van der Waals surface area contributed by atoms with Crippen molar-refractivity contribution in [3.8, 4) is 0 Å². The first-order chi connectivity index (χ1) is 8.45. The van der Waals surface area contributed by atoms with Crippen molar-refractivity contribution < 1.29 is 10.2 Å². The fourth-order valence-corrected chi connectivity index (χ4v) is 2.79. The lowest BCUT2D eigenvalue weighted by molar-refractivity contribution is -0.0242. The van der Waals surface area contributed by atoms with Gasteiger partial charge in [-0.05, 0) is 25.2 Å². The van der Waals surface area contributed by atoms with Crippen LogP contribution in [-0.4, -0.2) is 32.9 Å². The number of rotatable bonds is 3. The Labute approximate surface area is 104 Å². The molecule has 0 amide bonds. The van der Waals surface area contributed by atoms with E-state index in [4.69, 9.17) is 11.5 Å². The van der Waals surface area contributed by atoms with E-state index in [1.165, 1.54) is 0 Å². The number of aromatic amines is 1. The van der Waals surface area contributed by atoms with Gasteiger partial charge in [-0.25, -0.2) is 4.98 Å². The number of hydrogen-bond donors (Lipinski definition) is 5. The van der Waals surface area contributed by atoms with Crippen molar-refractivity contribution in [1.29, 1.82) is 0 Å². The first kappa shape index (κ1) is 12.8. The Hall–Kier alpha value is -1.60. The first-order valence-corrected chi connectivity index (χ1v) is 5.89. The van der Waals surface area contributed by atoms with Crippen molar-refractivity contribution >= 4 is 11.6 Å². The molecular weight excluding hydrogens is 236 g/mol. The van der Waals surface area contributed by atoms with Crippen LogP contribution in [0.2, 0.25) is 0 Å². The van der Waals surface area contributed by atoms with Crippen molar-refractivity contribution in [3.05, 3.63) is 16.0 Å². The van der Waals surface area contributed by atoms with E-state index in [9.17, 15) is 15.0 Å². The third kappa shape index (κ3) is 1.95. The second kappa shape index (κ2) is 4.58. The minimum Gasteiger partial charge on any atom is -0.396 e. The summed E-state index contributed by atoms with van der Waals surface area (Å²) in [4.78, 5) is 17.9. The van der Waals surface area contributed by atoms with Crippen LogP contribution in [0.15, 0.2) is 4.79 Å². The maximum Gasteiger partial charge on any atom is 0.275 e. The van der Waals surface area contributed by atoms with Crippen LogP contribution in [0, 0.1) is 11.8 Å². The molecule has 0 saturated heterocycles. The monoisotopic (exact) mass is 254 g/mol. The minimum atomic E-state index is -0.595. The van der Waals surface area contributed by atoms with E-state index in [1.54, 1.807) is 6.92 Å². The molecule has 0 spiro atoms. The zero-order valence-electron chi connectivity index (χ0n) is 10.1. The third-order valence-corrected chi connectivity index (χ3v) is 3.71. The van der Waals surface area contributed by atoms with Gasteiger partial charge in [0.05, 0.1) is 11.8 Å². The summed E-state index contributed by atoms with van der Waals surface area (Å²) in [5.74, 6) is -0.254. The SMILES string of the molecule is CC(O)C1C(CO)CC1c1nc(N)[nH]c(=O)c1N. The van der Waals surface area contributed by atoms with E-state index in [1.807, 2.05) is 0 Å². The second-order valence-corrected chi connectivity index (χ2v) is 4.85. The van der Waals surface area contributed by atoms with Crippen LogP contribution in [0.3, 0.4) is 0 Å². The normalized spacial score (nSPS) is 28.7. The largest absolute Gasteiger partial charge is 0.396 e. The van der Waals surface area contributed by atoms with Gasteiger partial charge < -0.3 is 21.7 Å². The maximum absolute atomic E-state index is 11.5. The highest BCUT2D eigenvalue weighted by Gasteiger charge is 2.45. The van der Waals surface area contributed by atoms with Gasteiger partial charge in [0, 0.05) is 12.5 Å². The van der Waals surface area contributed by atoms with Crippen LogP contribution in [0.25, 0.3) is 0 Å². The number of aromatic nitrogens is 2. The van der Waals surface area contributed by atoms with Gasteiger partial charge in [-0.1, -0.05) is 0 Å². The van der Waals surface area contributed by atoms with Crippen LogP contribution in [0.4, 0.5) is 11.6 Å². The van der Waals surface area contributed by atoms with Gasteiger partial charge in [0.2, 0.25) is 5.95 Å². The van der Waals surface area contributed by atoms with Crippen LogP contribution >= 0.6 is 0 Å². The number of aliphatic hydroxyl groups excluding tert-OH is 2. The van der Waals surface area contributed by atoms with Crippen molar-refractivity contribution in [3.63, 3.8) is 0 Å². The molecule has 7 N–H and O–H groups in total. The summed E-state index contributed by atoms with van der Waals surface area (Å²) in [5, 5.41) is 18.9. The van der Waals surface area contributed by atoms with Gasteiger partial charge in [0.15, 0.2) is 0 Å². The molecule has 1 aliphatic carbocycles. The van der Waals surface area contributed by atoms with E-state index < -0.39 is 11.7 Å². The summed E-state index contributed by atoms with van der Waals surface area (Å²) < 4.78 is 0. The molecule has 1 heterocycles. The second-order valence-electron chi connectivity index (χ2n) is 4.85. The summed E-state index contributed by atoms with van der Waals surface area (Å²) in [7, 11) is 0. The number of aliphatic hydroxyl groups is 2. The average molecular weight is 254 g/mol. The molecule has 7 nitrogen and oxygen atoms in total. The Morgan fingerprint density at radius 1 is 1.56 bits per heavy atom. The standard InChI is InChI=1S/C11H18N4O3/c1-4(17)7-5(3-16)2-6(7)9-8(12)10(18)15-11(13)14-9/h4-7,16-17H,2-3,12H2,1H3,(H3,13,14,15,18). The zero-order chi connectivity index (χ0) is 13.4. The molecule has 7 heteroatoms. The van der Waals surface area contributed by atoms with E-state index in [-0.39, 0.29) is 36.0 Å². The highest BCUT2D eigenvalue weighted by molar-refractivity contribution is 5.46. The molecule has 4 unspecified atom stereocenters. The topological polar surface area (TPSA) is 138 Å². The van der Waals surface area contributed by atoms with Gasteiger partial charge in [-0.3, -0.25) is 9.78 Å². The molecule has 0 aromatic carbocycles. The Kier molecular flexibility index (Phi) is 3.27. The van der Waals surface area contributed by atoms with Gasteiger partial charge in [0.1, 0.15) is 5.69 Å². The lowest BCUT2D eigenvalue weighted by Crippen LogP contribution is -2.44. The number of nitrogens with one attached hydrogen (secondary N) is 1. The predicted octanol–water partition coefficient (Wildman–Crippen LogP) is -0.973. The van der Waals surface area contributed by atoms with Crippen LogP contribution in [-0.2, 0) is 0 Å². The molecule has 4 atom stereocenters. The van der Waals surface area contributed by atoms with Gasteiger partial charge in [-0.15, -0.1) is 0 Å². The highest BCUT2D eigenvalue weighted by atomic mass is 16.3. The van der Waals surface area contributed by atoms with Crippen molar-refractivity contribution in [1.82, 2.24) is 9.97 Å². The molecule has 100 valence electrons. The summed E-state index contributed by atoms with van der Waals surface area (Å²) in [5.41, 5.74) is 11.2. The number of H-pyrrole nitrogens is 1. The highest BCUT2D eigenvalue weighted by Crippen LogP contribution is 2.49. The molecular formula is C11H18N4O3. The quantitative estimate of drug-likeness (QED) is 0.470. The fourth-order valence-electron chi connectivity index (χ4n) is 2.79. The molecule has 1 aromatic rings. The minimum absolute atomic E-state index is 0.00461. The summed E-state index contributed by atoms with van der Waals surface area (Å²) in [6, 6.07) is 0. The molecule has 0 bridgehead atoms.